The summed E-state index contributed by atoms with van der Waals surface area (Å²) >= 11 is 6.86. The normalized spacial score (nSPS) is 17.0. The number of ether oxygens (including phenoxy) is 1. The monoisotopic (exact) mass is 614 g/mol. The van der Waals surface area contributed by atoms with E-state index in [2.05, 4.69) is 20.3 Å². The molecule has 0 unspecified atom stereocenters. The van der Waals surface area contributed by atoms with E-state index in [-0.39, 0.29) is 60.2 Å². The predicted molar refractivity (Wildman–Crippen MR) is 140 cm³/mol. The molecule has 1 aromatic carbocycles. The van der Waals surface area contributed by atoms with Crippen LogP contribution in [0.4, 0.5) is 26.3 Å². The van der Waals surface area contributed by atoms with Gasteiger partial charge in [0.25, 0.3) is 0 Å². The molecular weight excluding hydrogens is 590 g/mol. The summed E-state index contributed by atoms with van der Waals surface area (Å²) in [5, 5.41) is 20.4. The van der Waals surface area contributed by atoms with E-state index < -0.39 is 29.6 Å². The van der Waals surface area contributed by atoms with E-state index in [9.17, 15) is 31.4 Å². The number of aryl methyl sites for hydroxylation is 1. The van der Waals surface area contributed by atoms with Gasteiger partial charge in [-0.05, 0) is 61.3 Å². The number of alkyl halides is 6. The Morgan fingerprint density at radius 1 is 1.05 bits per heavy atom. The maximum absolute atomic E-state index is 13.6. The quantitative estimate of drug-likeness (QED) is 0.287. The number of likely N-dealkylation sites (tertiary alicyclic amines) is 1. The predicted octanol–water partition coefficient (Wildman–Crippen LogP) is 5.50. The molecule has 0 saturated carbocycles. The van der Waals surface area contributed by atoms with Gasteiger partial charge in [-0.3, -0.25) is 9.88 Å². The molecule has 42 heavy (non-hydrogen) atoms. The molecule has 5 rings (SSSR count). The molecule has 1 saturated heterocycles. The Morgan fingerprint density at radius 2 is 1.74 bits per heavy atom. The number of aliphatic hydroxyl groups is 1. The molecule has 3 aromatic heterocycles. The lowest BCUT2D eigenvalue weighted by Gasteiger charge is -2.33. The van der Waals surface area contributed by atoms with Gasteiger partial charge in [0.15, 0.2) is 5.60 Å². The molecule has 0 radical (unpaired) electrons. The number of benzene rings is 1. The van der Waals surface area contributed by atoms with Gasteiger partial charge in [0.1, 0.15) is 5.69 Å². The number of hydrogen-bond donors (Lipinski definition) is 1. The molecule has 15 heteroatoms. The van der Waals surface area contributed by atoms with E-state index in [0.29, 0.717) is 16.5 Å². The summed E-state index contributed by atoms with van der Waals surface area (Å²) in [4.78, 5) is 9.75. The Hall–Kier alpha value is -3.49. The van der Waals surface area contributed by atoms with Gasteiger partial charge < -0.3 is 9.84 Å². The van der Waals surface area contributed by atoms with Gasteiger partial charge in [0.05, 0.1) is 35.5 Å². The third-order valence-electron chi connectivity index (χ3n) is 7.57. The Morgan fingerprint density at radius 3 is 2.33 bits per heavy atom. The Labute approximate surface area is 240 Å². The van der Waals surface area contributed by atoms with Gasteiger partial charge in [-0.2, -0.15) is 26.3 Å². The lowest BCUT2D eigenvalue weighted by atomic mass is 9.83. The first kappa shape index (κ1) is 30.0. The summed E-state index contributed by atoms with van der Waals surface area (Å²) in [6, 6.07) is 6.55. The third kappa shape index (κ3) is 5.50. The fourth-order valence-corrected chi connectivity index (χ4v) is 5.60. The molecule has 1 fully saturated rings. The summed E-state index contributed by atoms with van der Waals surface area (Å²) in [5.41, 5.74) is -2.48. The molecular formula is C27H25ClF6N6O2. The number of aromatic nitrogens is 5. The van der Waals surface area contributed by atoms with Crippen molar-refractivity contribution < 1.29 is 36.2 Å². The highest BCUT2D eigenvalue weighted by molar-refractivity contribution is 6.36. The lowest BCUT2D eigenvalue weighted by molar-refractivity contribution is -0.185. The molecule has 1 N–H and O–H groups in total. The van der Waals surface area contributed by atoms with E-state index in [1.807, 2.05) is 4.90 Å². The maximum atomic E-state index is 13.6. The summed E-state index contributed by atoms with van der Waals surface area (Å²) in [6.45, 7) is 0.548. The minimum atomic E-state index is -4.77. The van der Waals surface area contributed by atoms with Gasteiger partial charge >= 0.3 is 12.4 Å². The van der Waals surface area contributed by atoms with Crippen LogP contribution in [-0.4, -0.2) is 61.3 Å². The molecule has 0 amide bonds. The molecule has 4 aromatic rings. The van der Waals surface area contributed by atoms with Crippen LogP contribution < -0.4 is 4.74 Å². The standard InChI is InChI=1S/C27H25ClF6N6O2/c1-39-22(13-36-38-39)25(41,17-5-8-35-21(12-17)27(32,33)34)16-3-4-20-18(11-16)23(28)19(24(37-20)42-2)14-40-9-6-15(7-10-40)26(29,30)31/h3-5,8,11-13,15,41H,6-7,9-10,14H2,1-2H3/t25-/m0/s1. The van der Waals surface area contributed by atoms with Crippen LogP contribution in [0.2, 0.25) is 5.02 Å². The fourth-order valence-electron chi connectivity index (χ4n) is 5.31. The van der Waals surface area contributed by atoms with Crippen molar-refractivity contribution in [1.82, 2.24) is 29.9 Å². The van der Waals surface area contributed by atoms with Crippen molar-refractivity contribution in [2.75, 3.05) is 20.2 Å². The van der Waals surface area contributed by atoms with Crippen LogP contribution in [-0.2, 0) is 25.4 Å². The zero-order valence-corrected chi connectivity index (χ0v) is 23.1. The van der Waals surface area contributed by atoms with Gasteiger partial charge in [0, 0.05) is 30.7 Å². The van der Waals surface area contributed by atoms with Crippen molar-refractivity contribution in [2.45, 2.75) is 37.3 Å². The second-order valence-electron chi connectivity index (χ2n) is 10.1. The van der Waals surface area contributed by atoms with Crippen molar-refractivity contribution in [2.24, 2.45) is 13.0 Å². The molecule has 8 nitrogen and oxygen atoms in total. The van der Waals surface area contributed by atoms with Crippen LogP contribution in [0.5, 0.6) is 5.88 Å². The number of fused-ring (bicyclic) bond motifs is 1. The number of halogens is 7. The van der Waals surface area contributed by atoms with Crippen molar-refractivity contribution >= 4 is 22.5 Å². The smallest absolute Gasteiger partial charge is 0.433 e. The Kier molecular flexibility index (Phi) is 7.83. The highest BCUT2D eigenvalue weighted by atomic mass is 35.5. The van der Waals surface area contributed by atoms with Crippen molar-refractivity contribution in [1.29, 1.82) is 0 Å². The lowest BCUT2D eigenvalue weighted by Crippen LogP contribution is -2.38. The van der Waals surface area contributed by atoms with Gasteiger partial charge in [-0.15, -0.1) is 5.10 Å². The van der Waals surface area contributed by atoms with E-state index in [0.717, 1.165) is 12.3 Å². The van der Waals surface area contributed by atoms with Gasteiger partial charge in [0.2, 0.25) is 5.88 Å². The van der Waals surface area contributed by atoms with Crippen molar-refractivity contribution in [3.63, 3.8) is 0 Å². The SMILES string of the molecule is COc1nc2ccc([C@](O)(c3ccnc(C(F)(F)F)c3)c3cnnn3C)cc2c(Cl)c1CN1CCC(C(F)(F)F)CC1. The van der Waals surface area contributed by atoms with Crippen LogP contribution in [0.1, 0.15) is 40.9 Å². The average molecular weight is 615 g/mol. The summed E-state index contributed by atoms with van der Waals surface area (Å²) in [7, 11) is 2.88. The number of hydrogen-bond acceptors (Lipinski definition) is 7. The molecule has 1 atom stereocenters. The number of nitrogens with zero attached hydrogens (tertiary/aromatic N) is 6. The van der Waals surface area contributed by atoms with E-state index in [1.165, 1.54) is 49.3 Å². The van der Waals surface area contributed by atoms with Crippen LogP contribution in [0, 0.1) is 5.92 Å². The molecule has 224 valence electrons. The second-order valence-corrected chi connectivity index (χ2v) is 10.5. The first-order chi connectivity index (χ1) is 19.7. The molecule has 1 aliphatic rings. The largest absolute Gasteiger partial charge is 0.481 e. The highest BCUT2D eigenvalue weighted by Crippen LogP contribution is 2.42. The van der Waals surface area contributed by atoms with E-state index >= 15 is 0 Å². The minimum Gasteiger partial charge on any atom is -0.481 e. The van der Waals surface area contributed by atoms with Crippen molar-refractivity contribution in [3.8, 4) is 5.88 Å². The summed E-state index contributed by atoms with van der Waals surface area (Å²) in [5.74, 6) is -1.18. The fraction of sp³-hybridized carbons (Fsp3) is 0.407. The first-order valence-corrected chi connectivity index (χ1v) is 13.2. The van der Waals surface area contributed by atoms with E-state index in [1.54, 1.807) is 0 Å². The molecule has 0 bridgehead atoms. The molecule has 1 aliphatic heterocycles. The number of rotatable bonds is 6. The molecule has 0 spiro atoms. The molecule has 0 aliphatic carbocycles. The Bertz CT molecular complexity index is 1600. The summed E-state index contributed by atoms with van der Waals surface area (Å²) in [6.07, 6.45) is -6.93. The second kappa shape index (κ2) is 11.0. The first-order valence-electron chi connectivity index (χ1n) is 12.8. The van der Waals surface area contributed by atoms with Gasteiger partial charge in [-0.1, -0.05) is 22.9 Å². The average Bonchev–Trinajstić information content (AvgIpc) is 3.39. The number of methoxy groups -OCH3 is 1. The summed E-state index contributed by atoms with van der Waals surface area (Å²) < 4.78 is 86.8. The van der Waals surface area contributed by atoms with E-state index in [4.69, 9.17) is 16.3 Å². The van der Waals surface area contributed by atoms with Crippen LogP contribution >= 0.6 is 11.6 Å². The van der Waals surface area contributed by atoms with Crippen LogP contribution in [0.25, 0.3) is 10.9 Å². The van der Waals surface area contributed by atoms with Crippen LogP contribution in [0.3, 0.4) is 0 Å². The maximum Gasteiger partial charge on any atom is 0.433 e. The minimum absolute atomic E-state index is 0.0494. The van der Waals surface area contributed by atoms with Crippen LogP contribution in [0.15, 0.2) is 42.7 Å². The van der Waals surface area contributed by atoms with Crippen molar-refractivity contribution in [3.05, 3.63) is 75.8 Å². The highest BCUT2D eigenvalue weighted by Gasteiger charge is 2.42. The molecule has 4 heterocycles. The number of pyridine rings is 2. The zero-order chi connectivity index (χ0) is 30.4. The zero-order valence-electron chi connectivity index (χ0n) is 22.3. The number of piperidine rings is 1. The third-order valence-corrected chi connectivity index (χ3v) is 8.01. The topological polar surface area (TPSA) is 89.2 Å². The Balaban J connectivity index is 1.60. The van der Waals surface area contributed by atoms with Gasteiger partial charge in [-0.25, -0.2) is 9.67 Å².